The molecule has 0 atom stereocenters. The van der Waals surface area contributed by atoms with Crippen LogP contribution in [-0.4, -0.2) is 24.4 Å². The van der Waals surface area contributed by atoms with E-state index in [0.717, 1.165) is 12.1 Å². The first-order valence-corrected chi connectivity index (χ1v) is 10.9. The summed E-state index contributed by atoms with van der Waals surface area (Å²) in [6.07, 6.45) is 0. The van der Waals surface area contributed by atoms with Crippen molar-refractivity contribution in [2.45, 2.75) is 4.90 Å². The van der Waals surface area contributed by atoms with Crippen molar-refractivity contribution in [2.24, 2.45) is 10.2 Å². The molecule has 0 saturated heterocycles. The van der Waals surface area contributed by atoms with Crippen LogP contribution in [-0.2, 0) is 10.0 Å². The van der Waals surface area contributed by atoms with Crippen molar-refractivity contribution in [3.63, 3.8) is 0 Å². The van der Waals surface area contributed by atoms with Crippen LogP contribution < -0.4 is 4.72 Å². The van der Waals surface area contributed by atoms with Crippen LogP contribution in [0.4, 0.5) is 15.8 Å². The van der Waals surface area contributed by atoms with Gasteiger partial charge in [-0.3, -0.25) is 9.52 Å². The predicted molar refractivity (Wildman–Crippen MR) is 117 cm³/mol. The molecule has 0 aliphatic carbocycles. The number of halogens is 2. The van der Waals surface area contributed by atoms with E-state index in [1.807, 2.05) is 0 Å². The Bertz CT molecular complexity index is 1470. The van der Waals surface area contributed by atoms with E-state index in [9.17, 15) is 22.7 Å². The fraction of sp³-hybridized carbons (Fsp3) is 0. The molecule has 8 nitrogen and oxygen atoms in total. The van der Waals surface area contributed by atoms with Gasteiger partial charge in [-0.1, -0.05) is 17.7 Å². The third-order valence-corrected chi connectivity index (χ3v) is 6.07. The zero-order chi connectivity index (χ0) is 22.9. The van der Waals surface area contributed by atoms with Crippen LogP contribution in [0, 0.1) is 5.82 Å². The maximum absolute atomic E-state index is 13.5. The average Bonchev–Trinajstić information content (AvgIpc) is 3.08. The van der Waals surface area contributed by atoms with Crippen LogP contribution in [0.3, 0.4) is 0 Å². The second kappa shape index (κ2) is 8.40. The Balaban J connectivity index is 1.59. The number of carbonyl (C=O) groups is 1. The van der Waals surface area contributed by atoms with E-state index in [-0.39, 0.29) is 27.4 Å². The highest BCUT2D eigenvalue weighted by Gasteiger charge is 2.17. The molecule has 1 aromatic heterocycles. The maximum atomic E-state index is 13.5. The Labute approximate surface area is 186 Å². The Morgan fingerprint density at radius 3 is 2.56 bits per heavy atom. The number of aromatic nitrogens is 1. The minimum absolute atomic E-state index is 0.0433. The molecule has 0 fully saturated rings. The van der Waals surface area contributed by atoms with Crippen LogP contribution in [0.5, 0.6) is 5.88 Å². The summed E-state index contributed by atoms with van der Waals surface area (Å²) in [6, 6.07) is 15.0. The molecule has 1 heterocycles. The van der Waals surface area contributed by atoms with Gasteiger partial charge >= 0.3 is 0 Å². The normalized spacial score (nSPS) is 11.8. The Morgan fingerprint density at radius 2 is 1.81 bits per heavy atom. The van der Waals surface area contributed by atoms with Crippen LogP contribution in [0.1, 0.15) is 10.4 Å². The van der Waals surface area contributed by atoms with Crippen molar-refractivity contribution in [1.82, 2.24) is 4.98 Å². The van der Waals surface area contributed by atoms with Crippen LogP contribution in [0.2, 0.25) is 5.02 Å². The molecule has 1 amide bonds. The van der Waals surface area contributed by atoms with Gasteiger partial charge in [0.15, 0.2) is 5.69 Å². The molecule has 4 rings (SSSR count). The van der Waals surface area contributed by atoms with Gasteiger partial charge < -0.3 is 10.1 Å². The minimum Gasteiger partial charge on any atom is -0.493 e. The standard InChI is InChI=1S/C21H14ClFN4O4S/c22-13-4-7-15(8-5-13)27-32(30,31)16-3-1-2-12(10-16)20(28)26-25-19-17-11-14(23)6-9-18(17)24-21(19)29/h1-11,24,27,29H. The molecule has 162 valence electrons. The van der Waals surface area contributed by atoms with Gasteiger partial charge in [0.2, 0.25) is 5.88 Å². The largest absolute Gasteiger partial charge is 0.493 e. The van der Waals surface area contributed by atoms with Gasteiger partial charge in [0, 0.05) is 21.7 Å². The number of hydrogen-bond donors (Lipinski definition) is 3. The molecule has 0 spiro atoms. The van der Waals surface area contributed by atoms with Crippen LogP contribution in [0.15, 0.2) is 81.9 Å². The second-order valence-corrected chi connectivity index (χ2v) is 8.78. The second-order valence-electron chi connectivity index (χ2n) is 6.66. The van der Waals surface area contributed by atoms with Gasteiger partial charge in [0.1, 0.15) is 5.82 Å². The quantitative estimate of drug-likeness (QED) is 0.337. The van der Waals surface area contributed by atoms with Crippen molar-refractivity contribution >= 4 is 49.8 Å². The molecule has 11 heteroatoms. The number of aromatic amines is 1. The zero-order valence-electron chi connectivity index (χ0n) is 16.1. The highest BCUT2D eigenvalue weighted by atomic mass is 35.5. The lowest BCUT2D eigenvalue weighted by molar-refractivity contribution is 0.0995. The summed E-state index contributed by atoms with van der Waals surface area (Å²) >= 11 is 5.80. The fourth-order valence-electron chi connectivity index (χ4n) is 2.92. The fourth-order valence-corrected chi connectivity index (χ4v) is 4.15. The number of hydrogen-bond acceptors (Lipinski definition) is 5. The number of aromatic hydroxyl groups is 1. The Kier molecular flexibility index (Phi) is 5.64. The number of sulfonamides is 1. The number of nitrogens with zero attached hydrogens (tertiary/aromatic N) is 2. The summed E-state index contributed by atoms with van der Waals surface area (Å²) in [5.41, 5.74) is 0.554. The lowest BCUT2D eigenvalue weighted by atomic mass is 10.2. The number of H-pyrrole nitrogens is 1. The van der Waals surface area contributed by atoms with E-state index in [1.165, 1.54) is 54.6 Å². The number of benzene rings is 3. The lowest BCUT2D eigenvalue weighted by Crippen LogP contribution is -2.13. The SMILES string of the molecule is O=C(N=Nc1c(O)[nH]c2ccc(F)cc12)c1cccc(S(=O)(=O)Nc2ccc(Cl)cc2)c1. The summed E-state index contributed by atoms with van der Waals surface area (Å²) in [5, 5.41) is 17.9. The first-order valence-electron chi connectivity index (χ1n) is 9.08. The molecule has 0 aliphatic rings. The number of fused-ring (bicyclic) bond motifs is 1. The summed E-state index contributed by atoms with van der Waals surface area (Å²) < 4.78 is 41.2. The molecule has 0 aliphatic heterocycles. The number of anilines is 1. The van der Waals surface area contributed by atoms with E-state index in [0.29, 0.717) is 16.2 Å². The number of nitrogens with one attached hydrogen (secondary N) is 2. The number of amides is 1. The Hall–Kier alpha value is -3.76. The van der Waals surface area contributed by atoms with Gasteiger partial charge in [-0.05, 0) is 60.7 Å². The first kappa shape index (κ1) is 21.5. The van der Waals surface area contributed by atoms with E-state index < -0.39 is 21.7 Å². The third-order valence-electron chi connectivity index (χ3n) is 4.44. The molecule has 0 radical (unpaired) electrons. The molecule has 32 heavy (non-hydrogen) atoms. The van der Waals surface area contributed by atoms with Gasteiger partial charge in [0.25, 0.3) is 15.9 Å². The summed E-state index contributed by atoms with van der Waals surface area (Å²) in [6.45, 7) is 0. The number of rotatable bonds is 5. The smallest absolute Gasteiger partial charge is 0.295 e. The van der Waals surface area contributed by atoms with E-state index >= 15 is 0 Å². The molecule has 3 aromatic carbocycles. The van der Waals surface area contributed by atoms with E-state index in [2.05, 4.69) is 19.9 Å². The number of carbonyl (C=O) groups excluding carboxylic acids is 1. The molecule has 4 aromatic rings. The maximum Gasteiger partial charge on any atom is 0.295 e. The zero-order valence-corrected chi connectivity index (χ0v) is 17.7. The molecule has 0 saturated carbocycles. The molecule has 0 unspecified atom stereocenters. The summed E-state index contributed by atoms with van der Waals surface area (Å²) in [5.74, 6) is -1.78. The highest BCUT2D eigenvalue weighted by Crippen LogP contribution is 2.35. The van der Waals surface area contributed by atoms with Gasteiger partial charge in [-0.15, -0.1) is 10.2 Å². The molecular formula is C21H14ClFN4O4S. The minimum atomic E-state index is -3.98. The van der Waals surface area contributed by atoms with Gasteiger partial charge in [-0.25, -0.2) is 12.8 Å². The van der Waals surface area contributed by atoms with Crippen molar-refractivity contribution < 1.29 is 22.7 Å². The third kappa shape index (κ3) is 4.46. The van der Waals surface area contributed by atoms with E-state index in [1.54, 1.807) is 0 Å². The van der Waals surface area contributed by atoms with Gasteiger partial charge in [0.05, 0.1) is 10.4 Å². The van der Waals surface area contributed by atoms with Crippen molar-refractivity contribution in [1.29, 1.82) is 0 Å². The molecule has 0 bridgehead atoms. The van der Waals surface area contributed by atoms with Crippen molar-refractivity contribution in [2.75, 3.05) is 4.72 Å². The first-order chi connectivity index (χ1) is 15.2. The van der Waals surface area contributed by atoms with Crippen LogP contribution in [0.25, 0.3) is 10.9 Å². The van der Waals surface area contributed by atoms with Crippen LogP contribution >= 0.6 is 11.6 Å². The van der Waals surface area contributed by atoms with Gasteiger partial charge in [-0.2, -0.15) is 0 Å². The molecule has 3 N–H and O–H groups in total. The average molecular weight is 473 g/mol. The van der Waals surface area contributed by atoms with Crippen molar-refractivity contribution in [3.05, 3.63) is 83.1 Å². The Morgan fingerprint density at radius 1 is 1.06 bits per heavy atom. The summed E-state index contributed by atoms with van der Waals surface area (Å²) in [7, 11) is -3.98. The highest BCUT2D eigenvalue weighted by molar-refractivity contribution is 7.92. The predicted octanol–water partition coefficient (Wildman–Crippen LogP) is 5.39. The molecular weight excluding hydrogens is 459 g/mol. The van der Waals surface area contributed by atoms with Crippen molar-refractivity contribution in [3.8, 4) is 5.88 Å². The monoisotopic (exact) mass is 472 g/mol. The topological polar surface area (TPSA) is 124 Å². The summed E-state index contributed by atoms with van der Waals surface area (Å²) in [4.78, 5) is 14.9. The number of azo groups is 1. The van der Waals surface area contributed by atoms with E-state index in [4.69, 9.17) is 11.6 Å². The lowest BCUT2D eigenvalue weighted by Gasteiger charge is -2.08.